The molecule has 1 amide bonds. The van der Waals surface area contributed by atoms with Crippen molar-refractivity contribution in [2.75, 3.05) is 6.54 Å². The van der Waals surface area contributed by atoms with Crippen molar-refractivity contribution in [2.24, 2.45) is 0 Å². The molecule has 0 fully saturated rings. The Kier molecular flexibility index (Phi) is 2.53. The highest BCUT2D eigenvalue weighted by Gasteiger charge is 2.27. The van der Waals surface area contributed by atoms with Crippen LogP contribution in [0.2, 0.25) is 0 Å². The first-order chi connectivity index (χ1) is 7.63. The molecule has 4 heteroatoms. The highest BCUT2D eigenvalue weighted by Crippen LogP contribution is 2.29. The van der Waals surface area contributed by atoms with Gasteiger partial charge in [-0.05, 0) is 36.6 Å². The molecule has 0 bridgehead atoms. The van der Waals surface area contributed by atoms with Gasteiger partial charge in [-0.15, -0.1) is 0 Å². The van der Waals surface area contributed by atoms with Gasteiger partial charge < -0.3 is 10.0 Å². The summed E-state index contributed by atoms with van der Waals surface area (Å²) in [6, 6.07) is 7.41. The lowest BCUT2D eigenvalue weighted by atomic mass is 9.92. The van der Waals surface area contributed by atoms with E-state index in [9.17, 15) is 4.79 Å². The lowest BCUT2D eigenvalue weighted by Gasteiger charge is -2.33. The van der Waals surface area contributed by atoms with Crippen molar-refractivity contribution in [1.82, 2.24) is 4.90 Å². The second-order valence-corrected chi connectivity index (χ2v) is 3.93. The van der Waals surface area contributed by atoms with Gasteiger partial charge in [0, 0.05) is 6.54 Å². The minimum Gasteiger partial charge on any atom is -0.465 e. The first-order valence-electron chi connectivity index (χ1n) is 5.16. The molecule has 0 saturated carbocycles. The van der Waals surface area contributed by atoms with Crippen LogP contribution in [0.4, 0.5) is 4.79 Å². The van der Waals surface area contributed by atoms with Gasteiger partial charge in [0.2, 0.25) is 0 Å². The molecule has 0 radical (unpaired) electrons. The smallest absolute Gasteiger partial charge is 0.407 e. The Morgan fingerprint density at radius 3 is 3.00 bits per heavy atom. The largest absolute Gasteiger partial charge is 0.465 e. The van der Waals surface area contributed by atoms with Crippen molar-refractivity contribution in [3.05, 3.63) is 34.9 Å². The number of hydrogen-bond acceptors (Lipinski definition) is 2. The number of carboxylic acid groups (broad SMARTS) is 1. The molecule has 82 valence electrons. The zero-order chi connectivity index (χ0) is 11.7. The number of nitrogens with zero attached hydrogens (tertiary/aromatic N) is 2. The van der Waals surface area contributed by atoms with Gasteiger partial charge >= 0.3 is 6.09 Å². The maximum atomic E-state index is 11.0. The summed E-state index contributed by atoms with van der Waals surface area (Å²) < 4.78 is 0. The van der Waals surface area contributed by atoms with Crippen LogP contribution in [0.15, 0.2) is 18.2 Å². The van der Waals surface area contributed by atoms with E-state index in [4.69, 9.17) is 10.4 Å². The van der Waals surface area contributed by atoms with E-state index in [1.165, 1.54) is 4.90 Å². The monoisotopic (exact) mass is 216 g/mol. The number of hydrogen-bond donors (Lipinski definition) is 1. The molecule has 0 aliphatic carbocycles. The molecule has 1 heterocycles. The van der Waals surface area contributed by atoms with Gasteiger partial charge in [-0.25, -0.2) is 4.79 Å². The van der Waals surface area contributed by atoms with Crippen molar-refractivity contribution in [3.63, 3.8) is 0 Å². The molecule has 1 aliphatic heterocycles. The van der Waals surface area contributed by atoms with Crippen LogP contribution >= 0.6 is 0 Å². The minimum absolute atomic E-state index is 0.131. The standard InChI is InChI=1S/C12H12N2O2/c1-8-11-3-2-9(7-13)6-10(11)4-5-14(8)12(15)16/h2-3,6,8H,4-5H2,1H3,(H,15,16). The Bertz CT molecular complexity index is 476. The summed E-state index contributed by atoms with van der Waals surface area (Å²) in [4.78, 5) is 12.4. The lowest BCUT2D eigenvalue weighted by molar-refractivity contribution is 0.124. The Morgan fingerprint density at radius 2 is 2.38 bits per heavy atom. The third-order valence-corrected chi connectivity index (χ3v) is 3.06. The Hall–Kier alpha value is -2.02. The van der Waals surface area contributed by atoms with Crippen molar-refractivity contribution in [1.29, 1.82) is 5.26 Å². The molecule has 0 aromatic heterocycles. The first kappa shape index (κ1) is 10.5. The highest BCUT2D eigenvalue weighted by atomic mass is 16.4. The summed E-state index contributed by atoms with van der Waals surface area (Å²) in [6.45, 7) is 2.37. The van der Waals surface area contributed by atoms with E-state index < -0.39 is 6.09 Å². The van der Waals surface area contributed by atoms with Crippen molar-refractivity contribution in [3.8, 4) is 6.07 Å². The van der Waals surface area contributed by atoms with Crippen molar-refractivity contribution < 1.29 is 9.90 Å². The number of nitriles is 1. The highest BCUT2D eigenvalue weighted by molar-refractivity contribution is 5.66. The molecule has 1 aromatic carbocycles. The van der Waals surface area contributed by atoms with E-state index >= 15 is 0 Å². The van der Waals surface area contributed by atoms with Crippen LogP contribution in [0, 0.1) is 11.3 Å². The molecule has 16 heavy (non-hydrogen) atoms. The fraction of sp³-hybridized carbons (Fsp3) is 0.333. The predicted octanol–water partition coefficient (Wildman–Crippen LogP) is 2.16. The molecule has 4 nitrogen and oxygen atoms in total. The van der Waals surface area contributed by atoms with E-state index in [2.05, 4.69) is 6.07 Å². The summed E-state index contributed by atoms with van der Waals surface area (Å²) in [5, 5.41) is 17.8. The number of amides is 1. The van der Waals surface area contributed by atoms with Crippen LogP contribution in [-0.2, 0) is 6.42 Å². The van der Waals surface area contributed by atoms with Crippen LogP contribution in [0.5, 0.6) is 0 Å². The Morgan fingerprint density at radius 1 is 1.62 bits per heavy atom. The molecule has 1 aromatic rings. The molecule has 1 atom stereocenters. The first-order valence-corrected chi connectivity index (χ1v) is 5.16. The summed E-state index contributed by atoms with van der Waals surface area (Å²) in [5.74, 6) is 0. The van der Waals surface area contributed by atoms with E-state index in [1.54, 1.807) is 6.07 Å². The number of benzene rings is 1. The Labute approximate surface area is 93.7 Å². The van der Waals surface area contributed by atoms with Crippen LogP contribution in [0.25, 0.3) is 0 Å². The van der Waals surface area contributed by atoms with Crippen molar-refractivity contribution >= 4 is 6.09 Å². The quantitative estimate of drug-likeness (QED) is 0.722. The normalized spacial score (nSPS) is 18.8. The molecular weight excluding hydrogens is 204 g/mol. The van der Waals surface area contributed by atoms with Gasteiger partial charge in [-0.1, -0.05) is 6.07 Å². The zero-order valence-corrected chi connectivity index (χ0v) is 8.97. The fourth-order valence-corrected chi connectivity index (χ4v) is 2.16. The van der Waals surface area contributed by atoms with Crippen LogP contribution < -0.4 is 0 Å². The molecule has 1 aliphatic rings. The predicted molar refractivity (Wildman–Crippen MR) is 58.0 cm³/mol. The molecule has 0 saturated heterocycles. The van der Waals surface area contributed by atoms with Crippen molar-refractivity contribution in [2.45, 2.75) is 19.4 Å². The molecule has 2 rings (SSSR count). The maximum Gasteiger partial charge on any atom is 0.407 e. The zero-order valence-electron chi connectivity index (χ0n) is 8.97. The fourth-order valence-electron chi connectivity index (χ4n) is 2.16. The summed E-state index contributed by atoms with van der Waals surface area (Å²) in [7, 11) is 0. The third-order valence-electron chi connectivity index (χ3n) is 3.06. The lowest BCUT2D eigenvalue weighted by Crippen LogP contribution is -2.37. The van der Waals surface area contributed by atoms with Gasteiger partial charge in [0.25, 0.3) is 0 Å². The molecular formula is C12H12N2O2. The molecule has 1 N–H and O–H groups in total. The average Bonchev–Trinajstić information content (AvgIpc) is 2.28. The SMILES string of the molecule is CC1c2ccc(C#N)cc2CCN1C(=O)O. The van der Waals surface area contributed by atoms with E-state index in [1.807, 2.05) is 19.1 Å². The van der Waals surface area contributed by atoms with E-state index in [-0.39, 0.29) is 6.04 Å². The van der Waals surface area contributed by atoms with E-state index in [0.717, 1.165) is 11.1 Å². The van der Waals surface area contributed by atoms with Gasteiger partial charge in [0.15, 0.2) is 0 Å². The minimum atomic E-state index is -0.887. The van der Waals surface area contributed by atoms with Gasteiger partial charge in [0.05, 0.1) is 17.7 Å². The average molecular weight is 216 g/mol. The second-order valence-electron chi connectivity index (χ2n) is 3.93. The molecule has 0 spiro atoms. The topological polar surface area (TPSA) is 64.3 Å². The van der Waals surface area contributed by atoms with E-state index in [0.29, 0.717) is 18.5 Å². The summed E-state index contributed by atoms with van der Waals surface area (Å²) >= 11 is 0. The van der Waals surface area contributed by atoms with Gasteiger partial charge in [-0.3, -0.25) is 0 Å². The van der Waals surface area contributed by atoms with Crippen LogP contribution in [0.1, 0.15) is 29.7 Å². The summed E-state index contributed by atoms with van der Waals surface area (Å²) in [6.07, 6.45) is -0.205. The van der Waals surface area contributed by atoms with Gasteiger partial charge in [0.1, 0.15) is 0 Å². The summed E-state index contributed by atoms with van der Waals surface area (Å²) in [5.41, 5.74) is 2.73. The van der Waals surface area contributed by atoms with Crippen LogP contribution in [-0.4, -0.2) is 22.6 Å². The van der Waals surface area contributed by atoms with Gasteiger partial charge in [-0.2, -0.15) is 5.26 Å². The Balaban J connectivity index is 2.40. The number of carbonyl (C=O) groups is 1. The molecule has 1 unspecified atom stereocenters. The third kappa shape index (κ3) is 1.61. The maximum absolute atomic E-state index is 11.0. The number of fused-ring (bicyclic) bond motifs is 1. The van der Waals surface area contributed by atoms with Crippen LogP contribution in [0.3, 0.4) is 0 Å². The number of rotatable bonds is 0. The second kappa shape index (κ2) is 3.86.